The first-order valence-corrected chi connectivity index (χ1v) is 20.2. The molecule has 1 nitrogen and oxygen atoms in total. The molecule has 0 unspecified atom stereocenters. The lowest BCUT2D eigenvalue weighted by atomic mass is 9.63. The predicted octanol–water partition coefficient (Wildman–Crippen LogP) is 10.7. The van der Waals surface area contributed by atoms with Gasteiger partial charge in [0.05, 0.1) is 4.08 Å². The van der Waals surface area contributed by atoms with Crippen LogP contribution in [-0.2, 0) is 4.43 Å². The van der Waals surface area contributed by atoms with Crippen molar-refractivity contribution in [1.82, 2.24) is 0 Å². The summed E-state index contributed by atoms with van der Waals surface area (Å²) in [4.78, 5) is 0. The average Bonchev–Trinajstić information content (AvgIpc) is 3.14. The lowest BCUT2D eigenvalue weighted by Crippen LogP contribution is -2.36. The molecule has 0 spiro atoms. The van der Waals surface area contributed by atoms with E-state index in [9.17, 15) is 0 Å². The zero-order valence-electron chi connectivity index (χ0n) is 24.9. The van der Waals surface area contributed by atoms with E-state index < -0.39 is 8.32 Å². The number of allylic oxidation sites excluding steroid dienone is 2. The molecule has 4 rings (SSSR count). The molecular formula is C33H52OS2Si. The SMILES string of the molecule is CC(C)[C@@H]1CC[C@@]2(C)/C(CCC3(C)SCCCS3)=C(O[Si](C)(C)C)\C(=C\c3ccccc3)C[C@@H](C)C[C@@H]12. The maximum atomic E-state index is 7.24. The Morgan fingerprint density at radius 1 is 1.08 bits per heavy atom. The van der Waals surface area contributed by atoms with Crippen molar-refractivity contribution in [1.29, 1.82) is 0 Å². The van der Waals surface area contributed by atoms with Gasteiger partial charge in [-0.25, -0.2) is 0 Å². The van der Waals surface area contributed by atoms with E-state index in [4.69, 9.17) is 4.43 Å². The highest BCUT2D eigenvalue weighted by atomic mass is 32.2. The Morgan fingerprint density at radius 2 is 1.76 bits per heavy atom. The van der Waals surface area contributed by atoms with Gasteiger partial charge in [0, 0.05) is 0 Å². The normalized spacial score (nSPS) is 33.8. The van der Waals surface area contributed by atoms with Crippen molar-refractivity contribution in [2.75, 3.05) is 11.5 Å². The van der Waals surface area contributed by atoms with Gasteiger partial charge in [-0.2, -0.15) is 0 Å². The molecule has 3 aliphatic rings. The fourth-order valence-corrected chi connectivity index (χ4v) is 11.1. The molecule has 4 heteroatoms. The molecule has 1 aliphatic heterocycles. The Kier molecular flexibility index (Phi) is 9.44. The van der Waals surface area contributed by atoms with Gasteiger partial charge in [-0.15, -0.1) is 23.5 Å². The predicted molar refractivity (Wildman–Crippen MR) is 171 cm³/mol. The Labute approximate surface area is 238 Å². The van der Waals surface area contributed by atoms with Crippen molar-refractivity contribution in [3.63, 3.8) is 0 Å². The quantitative estimate of drug-likeness (QED) is 0.309. The Morgan fingerprint density at radius 3 is 2.38 bits per heavy atom. The molecule has 0 N–H and O–H groups in total. The molecule has 0 bridgehead atoms. The maximum absolute atomic E-state index is 7.24. The van der Waals surface area contributed by atoms with Crippen LogP contribution in [0.25, 0.3) is 6.08 Å². The minimum atomic E-state index is -1.82. The highest BCUT2D eigenvalue weighted by Crippen LogP contribution is 2.60. The third-order valence-corrected chi connectivity index (χ3v) is 13.3. The zero-order chi connectivity index (χ0) is 26.8. The molecule has 1 heterocycles. The Balaban J connectivity index is 1.88. The van der Waals surface area contributed by atoms with Crippen LogP contribution in [0, 0.1) is 29.1 Å². The first-order chi connectivity index (χ1) is 17.4. The van der Waals surface area contributed by atoms with Crippen LogP contribution in [0.3, 0.4) is 0 Å². The number of fused-ring (bicyclic) bond motifs is 1. The van der Waals surface area contributed by atoms with Crippen molar-refractivity contribution < 1.29 is 4.43 Å². The monoisotopic (exact) mass is 556 g/mol. The second-order valence-electron chi connectivity index (χ2n) is 13.8. The smallest absolute Gasteiger partial charge is 0.242 e. The summed E-state index contributed by atoms with van der Waals surface area (Å²) in [5.41, 5.74) is 4.66. The summed E-state index contributed by atoms with van der Waals surface area (Å²) in [5, 5.41) is 0. The van der Waals surface area contributed by atoms with Crippen molar-refractivity contribution >= 4 is 37.9 Å². The second-order valence-corrected chi connectivity index (χ2v) is 21.7. The van der Waals surface area contributed by atoms with Gasteiger partial charge in [0.25, 0.3) is 0 Å². The molecule has 4 atom stereocenters. The summed E-state index contributed by atoms with van der Waals surface area (Å²) in [6.07, 6.45) is 11.4. The second kappa shape index (κ2) is 11.9. The van der Waals surface area contributed by atoms with Crippen molar-refractivity contribution in [3.8, 4) is 0 Å². The van der Waals surface area contributed by atoms with Gasteiger partial charge in [0.2, 0.25) is 8.32 Å². The highest BCUT2D eigenvalue weighted by molar-refractivity contribution is 8.18. The average molecular weight is 557 g/mol. The van der Waals surface area contributed by atoms with Gasteiger partial charge >= 0.3 is 0 Å². The van der Waals surface area contributed by atoms with E-state index in [-0.39, 0.29) is 5.41 Å². The maximum Gasteiger partial charge on any atom is 0.242 e. The van der Waals surface area contributed by atoms with Gasteiger partial charge in [-0.1, -0.05) is 58.0 Å². The summed E-state index contributed by atoms with van der Waals surface area (Å²) >= 11 is 4.41. The fraction of sp³-hybridized carbons (Fsp3) is 0.697. The molecule has 37 heavy (non-hydrogen) atoms. The van der Waals surface area contributed by atoms with E-state index in [2.05, 4.69) is 114 Å². The molecule has 1 aromatic carbocycles. The summed E-state index contributed by atoms with van der Waals surface area (Å²) in [6, 6.07) is 11.0. The number of rotatable bonds is 7. The van der Waals surface area contributed by atoms with Crippen LogP contribution in [0.2, 0.25) is 19.6 Å². The molecule has 2 fully saturated rings. The number of benzene rings is 1. The van der Waals surface area contributed by atoms with Gasteiger partial charge in [-0.05, 0) is 135 Å². The minimum Gasteiger partial charge on any atom is -0.544 e. The zero-order valence-corrected chi connectivity index (χ0v) is 27.5. The molecule has 2 aliphatic carbocycles. The van der Waals surface area contributed by atoms with Gasteiger partial charge in [0.15, 0.2) is 0 Å². The fourth-order valence-electron chi connectivity index (χ4n) is 7.25. The van der Waals surface area contributed by atoms with E-state index >= 15 is 0 Å². The van der Waals surface area contributed by atoms with Crippen LogP contribution in [0.1, 0.15) is 85.1 Å². The standard InChI is InChI=1S/C33H52OS2Si/c1-24(2)28-15-17-32(4)29(16-18-33(5)35-19-12-20-36-33)31(34-37(6,7)8)27(21-25(3)22-30(28)32)23-26-13-10-9-11-14-26/h9-11,13-14,23-25,28,30H,12,15-22H2,1-8H3/b27-23+,31-29+/t25-,28+,30+,32+/m1/s1. The Hall–Kier alpha value is -0.583. The minimum absolute atomic E-state index is 0.231. The van der Waals surface area contributed by atoms with Crippen LogP contribution < -0.4 is 0 Å². The lowest BCUT2D eigenvalue weighted by Gasteiger charge is -2.44. The molecular weight excluding hydrogens is 505 g/mol. The first-order valence-electron chi connectivity index (χ1n) is 14.9. The first kappa shape index (κ1) is 29.4. The van der Waals surface area contributed by atoms with Crippen LogP contribution in [-0.4, -0.2) is 23.9 Å². The Bertz CT molecular complexity index is 970. The van der Waals surface area contributed by atoms with E-state index in [1.165, 1.54) is 66.9 Å². The molecule has 1 saturated heterocycles. The van der Waals surface area contributed by atoms with Gasteiger partial charge in [-0.3, -0.25) is 0 Å². The number of hydrogen-bond donors (Lipinski definition) is 0. The van der Waals surface area contributed by atoms with Crippen LogP contribution in [0.5, 0.6) is 0 Å². The molecule has 1 saturated carbocycles. The van der Waals surface area contributed by atoms with E-state index in [1.54, 1.807) is 5.57 Å². The van der Waals surface area contributed by atoms with E-state index in [0.29, 0.717) is 10.00 Å². The van der Waals surface area contributed by atoms with Crippen LogP contribution in [0.4, 0.5) is 0 Å². The topological polar surface area (TPSA) is 9.23 Å². The molecule has 1 aromatic rings. The van der Waals surface area contributed by atoms with Gasteiger partial charge < -0.3 is 4.43 Å². The summed E-state index contributed by atoms with van der Waals surface area (Å²) < 4.78 is 7.57. The van der Waals surface area contributed by atoms with Crippen LogP contribution in [0.15, 0.2) is 47.2 Å². The largest absolute Gasteiger partial charge is 0.544 e. The summed E-state index contributed by atoms with van der Waals surface area (Å²) in [5.74, 6) is 6.94. The molecule has 0 amide bonds. The third kappa shape index (κ3) is 7.14. The molecule has 0 radical (unpaired) electrons. The lowest BCUT2D eigenvalue weighted by molar-refractivity contribution is 0.151. The van der Waals surface area contributed by atoms with E-state index in [0.717, 1.165) is 24.2 Å². The van der Waals surface area contributed by atoms with Crippen LogP contribution >= 0.6 is 23.5 Å². The van der Waals surface area contributed by atoms with E-state index in [1.807, 2.05) is 0 Å². The highest BCUT2D eigenvalue weighted by Gasteiger charge is 2.51. The van der Waals surface area contributed by atoms with Gasteiger partial charge in [0.1, 0.15) is 5.76 Å². The molecule has 0 aromatic heterocycles. The van der Waals surface area contributed by atoms with Crippen molar-refractivity contribution in [3.05, 3.63) is 52.8 Å². The summed E-state index contributed by atoms with van der Waals surface area (Å²) in [7, 11) is -1.82. The molecule has 206 valence electrons. The third-order valence-electron chi connectivity index (χ3n) is 9.15. The number of thioether (sulfide) groups is 2. The number of hydrogen-bond acceptors (Lipinski definition) is 3. The summed E-state index contributed by atoms with van der Waals surface area (Å²) in [6.45, 7) is 19.7. The van der Waals surface area contributed by atoms with Crippen molar-refractivity contribution in [2.24, 2.45) is 29.1 Å². The van der Waals surface area contributed by atoms with Crippen molar-refractivity contribution in [2.45, 2.75) is 103 Å².